The molecule has 0 aliphatic carbocycles. The molecule has 0 atom stereocenters. The van der Waals surface area contributed by atoms with E-state index in [1.54, 1.807) is 0 Å². The van der Waals surface area contributed by atoms with Crippen LogP contribution in [-0.2, 0) is 0 Å². The minimum absolute atomic E-state index is 0.249. The van der Waals surface area contributed by atoms with Crippen LogP contribution in [0, 0.1) is 0 Å². The van der Waals surface area contributed by atoms with Gasteiger partial charge < -0.3 is 0 Å². The molecule has 0 unspecified atom stereocenters. The highest BCUT2D eigenvalue weighted by Gasteiger charge is 2.22. The Balaban J connectivity index is 3.74. The fourth-order valence-corrected chi connectivity index (χ4v) is 5.72. The van der Waals surface area contributed by atoms with Crippen LogP contribution in [-0.4, -0.2) is 17.5 Å². The smallest absolute Gasteiger partial charge is 0.0179 e. The SMILES string of the molecule is CCCCCCCCP(CCCCCCCC)C(C)(C)C. The van der Waals surface area contributed by atoms with Gasteiger partial charge in [0.25, 0.3) is 0 Å². The molecule has 0 nitrogen and oxygen atoms in total. The topological polar surface area (TPSA) is 0 Å². The van der Waals surface area contributed by atoms with E-state index in [1.807, 2.05) is 0 Å². The van der Waals surface area contributed by atoms with Crippen LogP contribution in [0.15, 0.2) is 0 Å². The highest BCUT2D eigenvalue weighted by molar-refractivity contribution is 7.59. The zero-order valence-electron chi connectivity index (χ0n) is 15.8. The van der Waals surface area contributed by atoms with Crippen LogP contribution >= 0.6 is 7.92 Å². The average molecular weight is 315 g/mol. The Morgan fingerprint density at radius 1 is 0.524 bits per heavy atom. The molecule has 0 rings (SSSR count). The fraction of sp³-hybridized carbons (Fsp3) is 1.00. The van der Waals surface area contributed by atoms with Gasteiger partial charge in [0.2, 0.25) is 0 Å². The second-order valence-corrected chi connectivity index (χ2v) is 11.0. The minimum Gasteiger partial charge on any atom is -0.101 e. The summed E-state index contributed by atoms with van der Waals surface area (Å²) in [5, 5.41) is 0.572. The molecule has 128 valence electrons. The van der Waals surface area contributed by atoms with Crippen LogP contribution in [0.25, 0.3) is 0 Å². The Hall–Kier alpha value is 0.430. The first-order valence-corrected chi connectivity index (χ1v) is 11.5. The standard InChI is InChI=1S/C20H43P/c1-6-8-10-12-14-16-18-21(20(3,4)5)19-17-15-13-11-9-7-2/h6-19H2,1-5H3. The number of hydrogen-bond acceptors (Lipinski definition) is 0. The number of hydrogen-bond donors (Lipinski definition) is 0. The fourth-order valence-electron chi connectivity index (χ4n) is 2.95. The van der Waals surface area contributed by atoms with Crippen molar-refractivity contribution in [1.29, 1.82) is 0 Å². The molecular weight excluding hydrogens is 271 g/mol. The van der Waals surface area contributed by atoms with Crippen LogP contribution in [0.3, 0.4) is 0 Å². The van der Waals surface area contributed by atoms with Gasteiger partial charge in [-0.3, -0.25) is 0 Å². The summed E-state index contributed by atoms with van der Waals surface area (Å²) in [6.45, 7) is 12.0. The van der Waals surface area contributed by atoms with E-state index in [2.05, 4.69) is 34.6 Å². The molecule has 0 radical (unpaired) electrons. The molecule has 0 amide bonds. The summed E-state index contributed by atoms with van der Waals surface area (Å²) in [6, 6.07) is 0. The molecular formula is C20H43P. The van der Waals surface area contributed by atoms with Crippen molar-refractivity contribution in [2.75, 3.05) is 12.3 Å². The van der Waals surface area contributed by atoms with E-state index in [9.17, 15) is 0 Å². The maximum atomic E-state index is 2.48. The lowest BCUT2D eigenvalue weighted by molar-refractivity contribution is 0.618. The van der Waals surface area contributed by atoms with Crippen molar-refractivity contribution in [3.63, 3.8) is 0 Å². The van der Waals surface area contributed by atoms with Crippen molar-refractivity contribution in [3.8, 4) is 0 Å². The monoisotopic (exact) mass is 314 g/mol. The zero-order chi connectivity index (χ0) is 16.0. The largest absolute Gasteiger partial charge is 0.101 e. The third kappa shape index (κ3) is 13.8. The van der Waals surface area contributed by atoms with E-state index >= 15 is 0 Å². The maximum Gasteiger partial charge on any atom is -0.0179 e. The highest BCUT2D eigenvalue weighted by Crippen LogP contribution is 2.50. The van der Waals surface area contributed by atoms with Gasteiger partial charge in [0.05, 0.1) is 0 Å². The summed E-state index contributed by atoms with van der Waals surface area (Å²) in [6.07, 6.45) is 20.5. The van der Waals surface area contributed by atoms with Gasteiger partial charge in [-0.2, -0.15) is 0 Å². The molecule has 21 heavy (non-hydrogen) atoms. The van der Waals surface area contributed by atoms with Gasteiger partial charge in [-0.1, -0.05) is 98.8 Å². The van der Waals surface area contributed by atoms with Crippen LogP contribution in [0.2, 0.25) is 0 Å². The first kappa shape index (κ1) is 21.4. The van der Waals surface area contributed by atoms with E-state index in [-0.39, 0.29) is 7.92 Å². The Labute approximate surface area is 137 Å². The normalized spacial score (nSPS) is 12.3. The molecule has 0 N–H and O–H groups in total. The summed E-state index contributed by atoms with van der Waals surface area (Å²) in [7, 11) is 0.249. The van der Waals surface area contributed by atoms with Crippen LogP contribution in [0.1, 0.15) is 112 Å². The molecule has 0 aliphatic heterocycles. The lowest BCUT2D eigenvalue weighted by atomic mass is 10.1. The van der Waals surface area contributed by atoms with Gasteiger partial charge in [-0.15, -0.1) is 7.92 Å². The van der Waals surface area contributed by atoms with Gasteiger partial charge >= 0.3 is 0 Å². The zero-order valence-corrected chi connectivity index (χ0v) is 16.7. The summed E-state index contributed by atoms with van der Waals surface area (Å²) in [4.78, 5) is 0. The summed E-state index contributed by atoms with van der Waals surface area (Å²) >= 11 is 0. The lowest BCUT2D eigenvalue weighted by Gasteiger charge is -2.32. The molecule has 0 aromatic rings. The average Bonchev–Trinajstić information content (AvgIpc) is 2.42. The number of unbranched alkanes of at least 4 members (excludes halogenated alkanes) is 10. The van der Waals surface area contributed by atoms with Crippen molar-refractivity contribution in [1.82, 2.24) is 0 Å². The summed E-state index contributed by atoms with van der Waals surface area (Å²) < 4.78 is 0. The highest BCUT2D eigenvalue weighted by atomic mass is 31.1. The third-order valence-corrected chi connectivity index (χ3v) is 8.12. The van der Waals surface area contributed by atoms with Gasteiger partial charge in [0.15, 0.2) is 0 Å². The van der Waals surface area contributed by atoms with Crippen LogP contribution < -0.4 is 0 Å². The van der Waals surface area contributed by atoms with E-state index in [0.29, 0.717) is 5.16 Å². The molecule has 0 heterocycles. The molecule has 0 spiro atoms. The molecule has 0 fully saturated rings. The molecule has 1 heteroatoms. The quantitative estimate of drug-likeness (QED) is 0.225. The van der Waals surface area contributed by atoms with E-state index in [4.69, 9.17) is 0 Å². The Kier molecular flexibility index (Phi) is 14.3. The van der Waals surface area contributed by atoms with Gasteiger partial charge in [-0.05, 0) is 30.3 Å². The van der Waals surface area contributed by atoms with Gasteiger partial charge in [-0.25, -0.2) is 0 Å². The van der Waals surface area contributed by atoms with Gasteiger partial charge in [0.1, 0.15) is 0 Å². The van der Waals surface area contributed by atoms with Crippen LogP contribution in [0.4, 0.5) is 0 Å². The van der Waals surface area contributed by atoms with E-state index < -0.39 is 0 Å². The van der Waals surface area contributed by atoms with Crippen molar-refractivity contribution in [3.05, 3.63) is 0 Å². The van der Waals surface area contributed by atoms with Crippen molar-refractivity contribution >= 4 is 7.92 Å². The Morgan fingerprint density at radius 3 is 1.19 bits per heavy atom. The lowest BCUT2D eigenvalue weighted by Crippen LogP contribution is -2.15. The first-order chi connectivity index (χ1) is 10.0. The Bertz CT molecular complexity index is 188. The molecule has 0 aromatic carbocycles. The van der Waals surface area contributed by atoms with Crippen molar-refractivity contribution in [2.45, 2.75) is 117 Å². The molecule has 0 saturated carbocycles. The predicted molar refractivity (Wildman–Crippen MR) is 103 cm³/mol. The molecule has 0 aliphatic rings. The van der Waals surface area contributed by atoms with E-state index in [0.717, 1.165) is 0 Å². The van der Waals surface area contributed by atoms with Crippen molar-refractivity contribution in [2.24, 2.45) is 0 Å². The maximum absolute atomic E-state index is 2.48. The second kappa shape index (κ2) is 14.0. The molecule has 0 aromatic heterocycles. The van der Waals surface area contributed by atoms with Crippen LogP contribution in [0.5, 0.6) is 0 Å². The summed E-state index contributed by atoms with van der Waals surface area (Å²) in [5.74, 6) is 0. The molecule has 0 bridgehead atoms. The molecule has 0 saturated heterocycles. The van der Waals surface area contributed by atoms with Gasteiger partial charge in [0, 0.05) is 0 Å². The van der Waals surface area contributed by atoms with E-state index in [1.165, 1.54) is 89.4 Å². The minimum atomic E-state index is 0.249. The first-order valence-electron chi connectivity index (χ1n) is 9.77. The number of rotatable bonds is 14. The summed E-state index contributed by atoms with van der Waals surface area (Å²) in [5.41, 5.74) is 0. The van der Waals surface area contributed by atoms with Crippen molar-refractivity contribution < 1.29 is 0 Å². The Morgan fingerprint density at radius 2 is 0.857 bits per heavy atom. The predicted octanol–water partition coefficient (Wildman–Crippen LogP) is 7.99. The second-order valence-electron chi connectivity index (χ2n) is 7.69. The third-order valence-electron chi connectivity index (χ3n) is 4.51.